The molecule has 2 N–H and O–H groups in total. The molecular weight excluding hydrogens is 373 g/mol. The number of aromatic nitrogens is 1. The van der Waals surface area contributed by atoms with Crippen LogP contribution in [0.5, 0.6) is 11.5 Å². The van der Waals surface area contributed by atoms with Crippen molar-refractivity contribution >= 4 is 36.4 Å². The van der Waals surface area contributed by atoms with E-state index in [4.69, 9.17) is 4.74 Å². The summed E-state index contributed by atoms with van der Waals surface area (Å²) in [6, 6.07) is 11.0. The van der Waals surface area contributed by atoms with Crippen molar-refractivity contribution in [1.29, 1.82) is 0 Å². The summed E-state index contributed by atoms with van der Waals surface area (Å²) in [6.07, 6.45) is 7.28. The minimum atomic E-state index is 0. The van der Waals surface area contributed by atoms with Gasteiger partial charge in [-0.25, -0.2) is 0 Å². The molecule has 7 heteroatoms. The lowest BCUT2D eigenvalue weighted by Crippen LogP contribution is -2.28. The number of carbonyl (C=O) groups excluding carboxylic acids is 1. The van der Waals surface area contributed by atoms with Crippen molar-refractivity contribution in [2.24, 2.45) is 5.92 Å². The van der Waals surface area contributed by atoms with Crippen molar-refractivity contribution in [3.63, 3.8) is 0 Å². The minimum Gasteiger partial charge on any atom is -0.457 e. The lowest BCUT2D eigenvalue weighted by atomic mass is 9.93. The minimum absolute atomic E-state index is 0. The molecule has 0 atom stereocenters. The lowest BCUT2D eigenvalue weighted by Gasteiger charge is -2.22. The molecule has 3 rings (SSSR count). The maximum atomic E-state index is 12.1. The molecule has 0 saturated carbocycles. The summed E-state index contributed by atoms with van der Waals surface area (Å²) in [5, 5.41) is 6.30. The van der Waals surface area contributed by atoms with E-state index in [1.165, 1.54) is 12.8 Å². The normalized spacial score (nSPS) is 13.8. The van der Waals surface area contributed by atoms with Gasteiger partial charge in [0.05, 0.1) is 0 Å². The Balaban J connectivity index is 0.00000169. The number of rotatable bonds is 6. The topological polar surface area (TPSA) is 63.2 Å². The molecule has 5 nitrogen and oxygen atoms in total. The number of nitrogens with zero attached hydrogens (tertiary/aromatic N) is 1. The van der Waals surface area contributed by atoms with Crippen molar-refractivity contribution in [1.82, 2.24) is 10.3 Å². The molecule has 1 aromatic heterocycles. The number of anilines is 1. The molecule has 26 heavy (non-hydrogen) atoms. The number of hydrogen-bond donors (Lipinski definition) is 2. The van der Waals surface area contributed by atoms with Gasteiger partial charge in [0.2, 0.25) is 5.91 Å². The van der Waals surface area contributed by atoms with Crippen LogP contribution >= 0.6 is 24.8 Å². The highest BCUT2D eigenvalue weighted by Crippen LogP contribution is 2.23. The highest BCUT2D eigenvalue weighted by atomic mass is 35.5. The van der Waals surface area contributed by atoms with Gasteiger partial charge in [-0.2, -0.15) is 0 Å². The van der Waals surface area contributed by atoms with Crippen LogP contribution in [0.15, 0.2) is 48.8 Å². The fraction of sp³-hybridized carbons (Fsp3) is 0.368. The van der Waals surface area contributed by atoms with Crippen molar-refractivity contribution in [3.05, 3.63) is 48.8 Å². The number of benzene rings is 1. The fourth-order valence-corrected chi connectivity index (χ4v) is 2.88. The van der Waals surface area contributed by atoms with E-state index in [0.717, 1.165) is 36.7 Å². The number of amides is 1. The number of pyridine rings is 1. The lowest BCUT2D eigenvalue weighted by molar-refractivity contribution is -0.116. The maximum absolute atomic E-state index is 12.1. The van der Waals surface area contributed by atoms with Gasteiger partial charge in [-0.15, -0.1) is 24.8 Å². The van der Waals surface area contributed by atoms with Crippen LogP contribution in [0.2, 0.25) is 0 Å². The van der Waals surface area contributed by atoms with Crippen LogP contribution in [0.3, 0.4) is 0 Å². The Morgan fingerprint density at radius 1 is 1.04 bits per heavy atom. The van der Waals surface area contributed by atoms with Gasteiger partial charge < -0.3 is 15.4 Å². The number of piperidine rings is 1. The molecule has 1 aromatic carbocycles. The van der Waals surface area contributed by atoms with Crippen LogP contribution in [-0.4, -0.2) is 24.0 Å². The van der Waals surface area contributed by atoms with Gasteiger partial charge in [0.1, 0.15) is 11.5 Å². The van der Waals surface area contributed by atoms with E-state index in [9.17, 15) is 4.79 Å². The molecule has 0 aliphatic carbocycles. The maximum Gasteiger partial charge on any atom is 0.224 e. The second-order valence-corrected chi connectivity index (χ2v) is 6.09. The number of hydrogen-bond acceptors (Lipinski definition) is 4. The van der Waals surface area contributed by atoms with Crippen molar-refractivity contribution in [2.45, 2.75) is 25.7 Å². The Hall–Kier alpha value is -1.82. The molecule has 1 fully saturated rings. The van der Waals surface area contributed by atoms with Gasteiger partial charge >= 0.3 is 0 Å². The average Bonchev–Trinajstić information content (AvgIpc) is 2.63. The smallest absolute Gasteiger partial charge is 0.224 e. The third-order valence-corrected chi connectivity index (χ3v) is 4.26. The van der Waals surface area contributed by atoms with Crippen molar-refractivity contribution in [2.75, 3.05) is 18.4 Å². The number of halogens is 2. The first kappa shape index (κ1) is 22.2. The summed E-state index contributed by atoms with van der Waals surface area (Å²) in [5.41, 5.74) is 0.799. The van der Waals surface area contributed by atoms with Gasteiger partial charge in [-0.05, 0) is 74.7 Å². The standard InChI is InChI=1S/C19H23N3O2.2ClH/c23-19(6-1-15-7-11-20-12-8-15)22-16-2-4-17(5-3-16)24-18-9-13-21-14-10-18;;/h2-5,9-10,13-15,20H,1,6-8,11-12H2,(H,22,23);2*1H. The first-order chi connectivity index (χ1) is 11.8. The van der Waals surface area contributed by atoms with E-state index < -0.39 is 0 Å². The van der Waals surface area contributed by atoms with E-state index in [1.807, 2.05) is 24.3 Å². The highest BCUT2D eigenvalue weighted by molar-refractivity contribution is 5.90. The van der Waals surface area contributed by atoms with Gasteiger partial charge in [0.25, 0.3) is 0 Å². The summed E-state index contributed by atoms with van der Waals surface area (Å²) < 4.78 is 5.71. The zero-order valence-electron chi connectivity index (χ0n) is 14.5. The van der Waals surface area contributed by atoms with E-state index in [0.29, 0.717) is 12.3 Å². The molecule has 2 aromatic rings. The third-order valence-electron chi connectivity index (χ3n) is 4.26. The molecule has 2 heterocycles. The number of carbonyl (C=O) groups is 1. The SMILES string of the molecule is Cl.Cl.O=C(CCC1CCNCC1)Nc1ccc(Oc2ccncc2)cc1. The predicted octanol–water partition coefficient (Wildman–Crippen LogP) is 4.44. The molecule has 1 aliphatic heterocycles. The molecule has 0 radical (unpaired) electrons. The zero-order valence-corrected chi connectivity index (χ0v) is 16.2. The summed E-state index contributed by atoms with van der Waals surface area (Å²) in [5.74, 6) is 2.22. The van der Waals surface area contributed by atoms with E-state index in [1.54, 1.807) is 24.5 Å². The van der Waals surface area contributed by atoms with Gasteiger partial charge in [0.15, 0.2) is 0 Å². The molecule has 0 unspecified atom stereocenters. The molecule has 1 saturated heterocycles. The monoisotopic (exact) mass is 397 g/mol. The second-order valence-electron chi connectivity index (χ2n) is 6.09. The van der Waals surface area contributed by atoms with E-state index >= 15 is 0 Å². The van der Waals surface area contributed by atoms with Crippen LogP contribution in [0.4, 0.5) is 5.69 Å². The molecular formula is C19H25Cl2N3O2. The quantitative estimate of drug-likeness (QED) is 0.756. The Labute approximate surface area is 166 Å². The van der Waals surface area contributed by atoms with Crippen molar-refractivity contribution in [3.8, 4) is 11.5 Å². The van der Waals surface area contributed by atoms with Crippen LogP contribution in [0, 0.1) is 5.92 Å². The fourth-order valence-electron chi connectivity index (χ4n) is 2.88. The summed E-state index contributed by atoms with van der Waals surface area (Å²) in [6.45, 7) is 2.15. The van der Waals surface area contributed by atoms with E-state index in [-0.39, 0.29) is 30.7 Å². The Morgan fingerprint density at radius 3 is 2.31 bits per heavy atom. The second kappa shape index (κ2) is 11.7. The average molecular weight is 398 g/mol. The molecule has 1 aliphatic rings. The van der Waals surface area contributed by atoms with Crippen LogP contribution in [-0.2, 0) is 4.79 Å². The molecule has 142 valence electrons. The number of nitrogens with one attached hydrogen (secondary N) is 2. The summed E-state index contributed by atoms with van der Waals surface area (Å²) >= 11 is 0. The molecule has 1 amide bonds. The first-order valence-electron chi connectivity index (χ1n) is 8.48. The first-order valence-corrected chi connectivity index (χ1v) is 8.48. The van der Waals surface area contributed by atoms with Crippen LogP contribution in [0.1, 0.15) is 25.7 Å². The predicted molar refractivity (Wildman–Crippen MR) is 109 cm³/mol. The summed E-state index contributed by atoms with van der Waals surface area (Å²) in [4.78, 5) is 16.0. The van der Waals surface area contributed by atoms with Gasteiger partial charge in [-0.3, -0.25) is 9.78 Å². The van der Waals surface area contributed by atoms with Gasteiger partial charge in [0, 0.05) is 24.5 Å². The Kier molecular flexibility index (Phi) is 10.0. The van der Waals surface area contributed by atoms with Crippen LogP contribution < -0.4 is 15.4 Å². The van der Waals surface area contributed by atoms with Gasteiger partial charge in [-0.1, -0.05) is 0 Å². The van der Waals surface area contributed by atoms with Crippen molar-refractivity contribution < 1.29 is 9.53 Å². The summed E-state index contributed by atoms with van der Waals surface area (Å²) in [7, 11) is 0. The van der Waals surface area contributed by atoms with Crippen LogP contribution in [0.25, 0.3) is 0 Å². The van der Waals surface area contributed by atoms with E-state index in [2.05, 4.69) is 15.6 Å². The Morgan fingerprint density at radius 2 is 1.65 bits per heavy atom. The largest absolute Gasteiger partial charge is 0.457 e. The zero-order chi connectivity index (χ0) is 16.6. The molecule has 0 spiro atoms. The highest BCUT2D eigenvalue weighted by Gasteiger charge is 2.14. The Bertz CT molecular complexity index is 648. The molecule has 0 bridgehead atoms. The number of ether oxygens (including phenoxy) is 1. The third kappa shape index (κ3) is 7.20.